The first kappa shape index (κ1) is 21.8. The summed E-state index contributed by atoms with van der Waals surface area (Å²) in [6.07, 6.45) is -0.882. The van der Waals surface area contributed by atoms with Gasteiger partial charge in [-0.15, -0.1) is 11.3 Å². The number of ether oxygens (including phenoxy) is 1. The van der Waals surface area contributed by atoms with Crippen molar-refractivity contribution in [3.8, 4) is 0 Å². The van der Waals surface area contributed by atoms with Crippen LogP contribution in [0.3, 0.4) is 0 Å². The van der Waals surface area contributed by atoms with Crippen molar-refractivity contribution in [3.63, 3.8) is 0 Å². The van der Waals surface area contributed by atoms with Gasteiger partial charge in [0.25, 0.3) is 0 Å². The van der Waals surface area contributed by atoms with Crippen molar-refractivity contribution in [3.05, 3.63) is 15.6 Å². The molecule has 9 heteroatoms. The Hall–Kier alpha value is -1.45. The summed E-state index contributed by atoms with van der Waals surface area (Å²) in [7, 11) is -2.15. The second kappa shape index (κ2) is 7.18. The van der Waals surface area contributed by atoms with Gasteiger partial charge < -0.3 is 19.1 Å². The van der Waals surface area contributed by atoms with E-state index in [-0.39, 0.29) is 16.6 Å². The number of carboxylic acid groups (broad SMARTS) is 1. The molecule has 2 heterocycles. The van der Waals surface area contributed by atoms with Gasteiger partial charge >= 0.3 is 6.09 Å². The summed E-state index contributed by atoms with van der Waals surface area (Å²) in [6, 6.07) is 0. The van der Waals surface area contributed by atoms with Gasteiger partial charge in [-0.3, -0.25) is 4.90 Å². The number of hydrogen-bond donors (Lipinski definition) is 0. The van der Waals surface area contributed by atoms with Gasteiger partial charge in [0.15, 0.2) is 8.32 Å². The second-order valence-corrected chi connectivity index (χ2v) is 15.1. The fourth-order valence-corrected chi connectivity index (χ4v) is 4.71. The zero-order chi connectivity index (χ0) is 20.8. The summed E-state index contributed by atoms with van der Waals surface area (Å²) in [4.78, 5) is 30.3. The highest BCUT2D eigenvalue weighted by molar-refractivity contribution is 7.13. The monoisotopic (exact) mass is 413 g/mol. The van der Waals surface area contributed by atoms with E-state index in [9.17, 15) is 14.7 Å². The molecule has 0 aliphatic carbocycles. The number of aromatic carboxylic acids is 1. The van der Waals surface area contributed by atoms with Gasteiger partial charge in [0, 0.05) is 0 Å². The van der Waals surface area contributed by atoms with Crippen molar-refractivity contribution in [1.82, 2.24) is 9.88 Å². The van der Waals surface area contributed by atoms with Crippen molar-refractivity contribution in [2.24, 2.45) is 0 Å². The van der Waals surface area contributed by atoms with Gasteiger partial charge in [-0.2, -0.15) is 0 Å². The van der Waals surface area contributed by atoms with Crippen LogP contribution in [0.5, 0.6) is 0 Å². The van der Waals surface area contributed by atoms with Crippen LogP contribution in [0.1, 0.15) is 68.0 Å². The molecule has 7 nitrogen and oxygen atoms in total. The first-order valence-electron chi connectivity index (χ1n) is 8.97. The maximum Gasteiger partial charge on any atom is 0.410 e. The lowest BCUT2D eigenvalue weighted by Crippen LogP contribution is -2.47. The number of carbonyl (C=O) groups excluding carboxylic acids is 2. The molecule has 0 fully saturated rings. The molecule has 2 rings (SSSR count). The third-order valence-corrected chi connectivity index (χ3v) is 10.5. The maximum absolute atomic E-state index is 12.6. The summed E-state index contributed by atoms with van der Waals surface area (Å²) in [5.41, 5.74) is -0.0780. The molecule has 152 valence electrons. The zero-order valence-corrected chi connectivity index (χ0v) is 19.2. The molecule has 0 saturated heterocycles. The van der Waals surface area contributed by atoms with E-state index in [1.54, 1.807) is 20.8 Å². The first-order valence-corrected chi connectivity index (χ1v) is 12.7. The lowest BCUT2D eigenvalue weighted by molar-refractivity contribution is -0.255. The molecule has 0 radical (unpaired) electrons. The van der Waals surface area contributed by atoms with E-state index in [0.29, 0.717) is 12.2 Å². The first-order chi connectivity index (χ1) is 12.1. The highest BCUT2D eigenvalue weighted by Gasteiger charge is 2.43. The molecule has 0 N–H and O–H groups in total. The summed E-state index contributed by atoms with van der Waals surface area (Å²) in [6.45, 7) is 16.6. The number of nitrogens with zero attached hydrogens (tertiary/aromatic N) is 2. The minimum atomic E-state index is -2.15. The number of rotatable bonds is 3. The van der Waals surface area contributed by atoms with E-state index >= 15 is 0 Å². The Kier molecular flexibility index (Phi) is 5.81. The molecule has 0 saturated carbocycles. The molecule has 1 unspecified atom stereocenters. The standard InChI is InChI=1S/C18H30N2O5SSi/c1-17(2,3)24-16(23)20-9-11-13(26-14(19-11)15(21)22)12(10-20)25-27(7,8)18(4,5)6/h12H,9-10H2,1-8H3,(H,21,22)/p-1. The Balaban J connectivity index is 2.36. The van der Waals surface area contributed by atoms with E-state index in [1.807, 2.05) is 0 Å². The lowest BCUT2D eigenvalue weighted by Gasteiger charge is -2.42. The van der Waals surface area contributed by atoms with Crippen LogP contribution < -0.4 is 5.11 Å². The predicted molar refractivity (Wildman–Crippen MR) is 104 cm³/mol. The molecule has 27 heavy (non-hydrogen) atoms. The number of hydrogen-bond acceptors (Lipinski definition) is 7. The zero-order valence-electron chi connectivity index (χ0n) is 17.3. The Morgan fingerprint density at radius 2 is 1.81 bits per heavy atom. The SMILES string of the molecule is CC(C)(C)OC(=O)N1Cc2nc(C(=O)[O-])sc2C(O[Si](C)(C)C(C)(C)C)C1. The maximum atomic E-state index is 12.6. The number of carbonyl (C=O) groups is 2. The number of thiazole rings is 1. The van der Waals surface area contributed by atoms with E-state index in [1.165, 1.54) is 4.90 Å². The summed E-state index contributed by atoms with van der Waals surface area (Å²) >= 11 is 1.08. The van der Waals surface area contributed by atoms with Crippen LogP contribution in [0, 0.1) is 0 Å². The van der Waals surface area contributed by atoms with Crippen molar-refractivity contribution >= 4 is 31.7 Å². The fourth-order valence-electron chi connectivity index (χ4n) is 2.43. The number of fused-ring (bicyclic) bond motifs is 1. The van der Waals surface area contributed by atoms with E-state index < -0.39 is 32.1 Å². The average Bonchev–Trinajstić information content (AvgIpc) is 2.88. The quantitative estimate of drug-likeness (QED) is 0.706. The van der Waals surface area contributed by atoms with Crippen LogP contribution in [0.4, 0.5) is 4.79 Å². The molecule has 1 aromatic rings. The highest BCUT2D eigenvalue weighted by atomic mass is 32.1. The normalized spacial score (nSPS) is 18.2. The third-order valence-electron chi connectivity index (χ3n) is 4.82. The Morgan fingerprint density at radius 1 is 1.22 bits per heavy atom. The van der Waals surface area contributed by atoms with Crippen LogP contribution in [-0.4, -0.2) is 42.4 Å². The lowest BCUT2D eigenvalue weighted by atomic mass is 10.1. The van der Waals surface area contributed by atoms with Gasteiger partial charge in [0.2, 0.25) is 0 Å². The minimum absolute atomic E-state index is 0.0246. The third kappa shape index (κ3) is 5.08. The topological polar surface area (TPSA) is 91.8 Å². The van der Waals surface area contributed by atoms with Crippen molar-refractivity contribution < 1.29 is 23.9 Å². The van der Waals surface area contributed by atoms with Crippen LogP contribution >= 0.6 is 11.3 Å². The van der Waals surface area contributed by atoms with Crippen LogP contribution in [-0.2, 0) is 15.7 Å². The van der Waals surface area contributed by atoms with Crippen molar-refractivity contribution in [1.29, 1.82) is 0 Å². The molecule has 1 amide bonds. The van der Waals surface area contributed by atoms with Gasteiger partial charge in [-0.05, 0) is 38.9 Å². The van der Waals surface area contributed by atoms with Gasteiger partial charge in [0.1, 0.15) is 16.6 Å². The molecule has 1 aliphatic rings. The van der Waals surface area contributed by atoms with Crippen LogP contribution in [0.25, 0.3) is 0 Å². The molecule has 1 atom stereocenters. The van der Waals surface area contributed by atoms with Gasteiger partial charge in [0.05, 0.1) is 29.8 Å². The second-order valence-electron chi connectivity index (χ2n) is 9.35. The largest absolute Gasteiger partial charge is 0.542 e. The molecule has 0 bridgehead atoms. The van der Waals surface area contributed by atoms with Crippen molar-refractivity contribution in [2.45, 2.75) is 77.9 Å². The summed E-state index contributed by atoms with van der Waals surface area (Å²) < 4.78 is 12.0. The average molecular weight is 414 g/mol. The van der Waals surface area contributed by atoms with E-state index in [0.717, 1.165) is 16.2 Å². The molecular formula is C18H29N2O5SSi-. The summed E-state index contributed by atoms with van der Waals surface area (Å²) in [5, 5.41) is 11.2. The fraction of sp³-hybridized carbons (Fsp3) is 0.722. The number of aromatic nitrogens is 1. The molecule has 1 aromatic heterocycles. The van der Waals surface area contributed by atoms with Gasteiger partial charge in [-0.1, -0.05) is 20.8 Å². The summed E-state index contributed by atoms with van der Waals surface area (Å²) in [5.74, 6) is -1.32. The Bertz CT molecular complexity index is 733. The Labute approximate surface area is 165 Å². The minimum Gasteiger partial charge on any atom is -0.542 e. The molecule has 1 aliphatic heterocycles. The number of amides is 1. The highest BCUT2D eigenvalue weighted by Crippen LogP contribution is 2.43. The van der Waals surface area contributed by atoms with E-state index in [2.05, 4.69) is 38.8 Å². The van der Waals surface area contributed by atoms with Crippen LogP contribution in [0.15, 0.2) is 0 Å². The molecular weight excluding hydrogens is 384 g/mol. The van der Waals surface area contributed by atoms with Gasteiger partial charge in [-0.25, -0.2) is 9.78 Å². The predicted octanol–water partition coefficient (Wildman–Crippen LogP) is 3.32. The smallest absolute Gasteiger partial charge is 0.410 e. The molecule has 0 aromatic carbocycles. The Morgan fingerprint density at radius 3 is 2.30 bits per heavy atom. The number of carboxylic acids is 1. The van der Waals surface area contributed by atoms with Crippen LogP contribution in [0.2, 0.25) is 18.1 Å². The van der Waals surface area contributed by atoms with Crippen molar-refractivity contribution in [2.75, 3.05) is 6.54 Å². The van der Waals surface area contributed by atoms with E-state index in [4.69, 9.17) is 9.16 Å². The molecule has 0 spiro atoms.